The lowest BCUT2D eigenvalue weighted by atomic mass is 9.87. The third-order valence-corrected chi connectivity index (χ3v) is 14.3. The summed E-state index contributed by atoms with van der Waals surface area (Å²) in [4.78, 5) is 24.7. The van der Waals surface area contributed by atoms with E-state index in [1.165, 1.54) is 0 Å². The number of nitrogens with one attached hydrogen (secondary N) is 1. The fraction of sp³-hybridized carbons (Fsp3) is 0. The van der Waals surface area contributed by atoms with E-state index < -0.39 is 0 Å². The van der Waals surface area contributed by atoms with Gasteiger partial charge in [0.05, 0.1) is 44.1 Å². The van der Waals surface area contributed by atoms with Crippen LogP contribution in [0.2, 0.25) is 0 Å². The molecule has 5 heteroatoms. The number of pyridine rings is 4. The van der Waals surface area contributed by atoms with Crippen molar-refractivity contribution in [2.24, 2.45) is 0 Å². The van der Waals surface area contributed by atoms with E-state index in [0.29, 0.717) is 0 Å². The molecule has 69 heavy (non-hydrogen) atoms. The molecule has 0 atom stereocenters. The topological polar surface area (TPSA) is 67.3 Å². The first-order valence-corrected chi connectivity index (χ1v) is 23.4. The third-order valence-electron chi connectivity index (χ3n) is 14.3. The lowest BCUT2D eigenvalue weighted by Crippen LogP contribution is -1.92. The highest BCUT2D eigenvalue weighted by molar-refractivity contribution is 6.18. The van der Waals surface area contributed by atoms with Crippen molar-refractivity contribution in [1.82, 2.24) is 24.9 Å². The summed E-state index contributed by atoms with van der Waals surface area (Å²) >= 11 is 0. The van der Waals surface area contributed by atoms with E-state index in [0.717, 1.165) is 154 Å². The van der Waals surface area contributed by atoms with Crippen molar-refractivity contribution >= 4 is 109 Å². The molecule has 0 radical (unpaired) electrons. The van der Waals surface area contributed by atoms with Gasteiger partial charge in [0.2, 0.25) is 0 Å². The predicted octanol–water partition coefficient (Wildman–Crippen LogP) is 16.8. The van der Waals surface area contributed by atoms with Gasteiger partial charge in [0.25, 0.3) is 0 Å². The van der Waals surface area contributed by atoms with Gasteiger partial charge in [-0.25, -0.2) is 19.9 Å². The number of hydrogen-bond donors (Lipinski definition) is 1. The highest BCUT2D eigenvalue weighted by atomic mass is 14.7. The van der Waals surface area contributed by atoms with E-state index in [1.807, 2.05) is 0 Å². The Labute approximate surface area is 395 Å². The van der Waals surface area contributed by atoms with Crippen LogP contribution in [0.3, 0.4) is 0 Å². The van der Waals surface area contributed by atoms with Crippen molar-refractivity contribution in [3.63, 3.8) is 0 Å². The zero-order valence-electron chi connectivity index (χ0n) is 37.1. The first-order chi connectivity index (χ1) is 34.1. The molecular formula is C64H37N5. The molecule has 1 N–H and O–H groups in total. The molecule has 0 saturated carbocycles. The smallest absolute Gasteiger partial charge is 0.0715 e. The monoisotopic (exact) mass is 875 g/mol. The Hall–Kier alpha value is -9.32. The van der Waals surface area contributed by atoms with Crippen molar-refractivity contribution in [3.8, 4) is 44.5 Å². The Morgan fingerprint density at radius 2 is 0.464 bits per heavy atom. The number of benzene rings is 10. The summed E-state index contributed by atoms with van der Waals surface area (Å²) in [6, 6.07) is 78.4. The maximum absolute atomic E-state index is 5.19. The van der Waals surface area contributed by atoms with Gasteiger partial charge in [0.15, 0.2) is 0 Å². The van der Waals surface area contributed by atoms with Gasteiger partial charge < -0.3 is 4.98 Å². The Morgan fingerprint density at radius 1 is 0.203 bits per heavy atom. The van der Waals surface area contributed by atoms with Gasteiger partial charge in [-0.05, 0) is 142 Å². The van der Waals surface area contributed by atoms with Crippen LogP contribution in [0.15, 0.2) is 218 Å². The number of H-pyrrole nitrogens is 1. The van der Waals surface area contributed by atoms with Crippen LogP contribution < -0.4 is 0 Å². The third kappa shape index (κ3) is 5.90. The molecule has 0 aliphatic heterocycles. The zero-order valence-corrected chi connectivity index (χ0v) is 37.1. The number of fused-ring (bicyclic) bond motifs is 11. The molecule has 0 amide bonds. The summed E-state index contributed by atoms with van der Waals surface area (Å²) < 4.78 is 0. The SMILES string of the molecule is c1ccc2nc3cccc(-c4cc5[nH]c6cc(-c7cccc8nc9ccccc9cc78)c(-c7cccc8nc9ccccc9cc78)cc6c5cc4-c4cccc5nc6ccccc6cc45)c3cc2c1. The number of aromatic nitrogens is 5. The summed E-state index contributed by atoms with van der Waals surface area (Å²) in [5.74, 6) is 0. The minimum atomic E-state index is 0.961. The average Bonchev–Trinajstić information content (AvgIpc) is 3.75. The Morgan fingerprint density at radius 3 is 0.768 bits per heavy atom. The van der Waals surface area contributed by atoms with Crippen LogP contribution in [0.25, 0.3) is 154 Å². The van der Waals surface area contributed by atoms with Crippen molar-refractivity contribution in [2.75, 3.05) is 0 Å². The number of rotatable bonds is 4. The van der Waals surface area contributed by atoms with Crippen LogP contribution in [0, 0.1) is 0 Å². The highest BCUT2D eigenvalue weighted by Gasteiger charge is 2.22. The number of para-hydroxylation sites is 4. The molecule has 0 saturated heterocycles. The highest BCUT2D eigenvalue weighted by Crippen LogP contribution is 2.47. The first kappa shape index (κ1) is 37.9. The average molecular weight is 876 g/mol. The van der Waals surface area contributed by atoms with E-state index in [9.17, 15) is 0 Å². The van der Waals surface area contributed by atoms with E-state index in [2.05, 4.69) is 223 Å². The molecule has 0 bridgehead atoms. The normalized spacial score (nSPS) is 12.1. The summed E-state index contributed by atoms with van der Waals surface area (Å²) in [5, 5.41) is 11.1. The van der Waals surface area contributed by atoms with Gasteiger partial charge in [-0.15, -0.1) is 0 Å². The first-order valence-electron chi connectivity index (χ1n) is 23.4. The van der Waals surface area contributed by atoms with Gasteiger partial charge >= 0.3 is 0 Å². The van der Waals surface area contributed by atoms with Gasteiger partial charge in [-0.3, -0.25) is 0 Å². The van der Waals surface area contributed by atoms with E-state index in [-0.39, 0.29) is 0 Å². The van der Waals surface area contributed by atoms with Crippen LogP contribution in [0.1, 0.15) is 0 Å². The Bertz CT molecular complexity index is 4390. The molecule has 15 aromatic rings. The van der Waals surface area contributed by atoms with E-state index in [4.69, 9.17) is 19.9 Å². The summed E-state index contributed by atoms with van der Waals surface area (Å²) in [6.07, 6.45) is 0. The van der Waals surface area contributed by atoms with E-state index >= 15 is 0 Å². The van der Waals surface area contributed by atoms with Crippen LogP contribution in [0.5, 0.6) is 0 Å². The molecule has 0 unspecified atom stereocenters. The Kier molecular flexibility index (Phi) is 8.00. The van der Waals surface area contributed by atoms with Crippen molar-refractivity contribution in [2.45, 2.75) is 0 Å². The molecule has 0 aliphatic rings. The fourth-order valence-electron chi connectivity index (χ4n) is 11.0. The largest absolute Gasteiger partial charge is 0.354 e. The zero-order chi connectivity index (χ0) is 45.2. The molecular weight excluding hydrogens is 839 g/mol. The van der Waals surface area contributed by atoms with Crippen LogP contribution in [-0.4, -0.2) is 24.9 Å². The van der Waals surface area contributed by atoms with Gasteiger partial charge in [-0.1, -0.05) is 121 Å². The molecule has 15 rings (SSSR count). The number of hydrogen-bond acceptors (Lipinski definition) is 4. The number of nitrogens with zero attached hydrogens (tertiary/aromatic N) is 4. The minimum Gasteiger partial charge on any atom is -0.354 e. The second-order valence-corrected chi connectivity index (χ2v) is 18.2. The molecule has 0 spiro atoms. The van der Waals surface area contributed by atoms with Crippen molar-refractivity contribution in [1.29, 1.82) is 0 Å². The van der Waals surface area contributed by atoms with Crippen LogP contribution in [0.4, 0.5) is 0 Å². The summed E-state index contributed by atoms with van der Waals surface area (Å²) in [7, 11) is 0. The van der Waals surface area contributed by atoms with E-state index in [1.54, 1.807) is 0 Å². The summed E-state index contributed by atoms with van der Waals surface area (Å²) in [5.41, 5.74) is 18.9. The second kappa shape index (κ2) is 14.6. The lowest BCUT2D eigenvalue weighted by Gasteiger charge is -2.17. The summed E-state index contributed by atoms with van der Waals surface area (Å²) in [6.45, 7) is 0. The molecule has 5 aromatic heterocycles. The second-order valence-electron chi connectivity index (χ2n) is 18.2. The van der Waals surface area contributed by atoms with Crippen molar-refractivity contribution in [3.05, 3.63) is 218 Å². The maximum atomic E-state index is 5.19. The minimum absolute atomic E-state index is 0.961. The molecule has 318 valence electrons. The lowest BCUT2D eigenvalue weighted by molar-refractivity contribution is 1.49. The number of aromatic amines is 1. The molecule has 0 aliphatic carbocycles. The fourth-order valence-corrected chi connectivity index (χ4v) is 11.0. The molecule has 5 nitrogen and oxygen atoms in total. The molecule has 10 aromatic carbocycles. The Balaban J connectivity index is 1.06. The van der Waals surface area contributed by atoms with Gasteiger partial charge in [0.1, 0.15) is 0 Å². The molecule has 0 fully saturated rings. The quantitative estimate of drug-likeness (QED) is 0.179. The van der Waals surface area contributed by atoms with Crippen molar-refractivity contribution < 1.29 is 0 Å². The maximum Gasteiger partial charge on any atom is 0.0715 e. The predicted molar refractivity (Wildman–Crippen MR) is 289 cm³/mol. The van der Waals surface area contributed by atoms with Gasteiger partial charge in [0, 0.05) is 64.9 Å². The standard InChI is InChI=1S/C64H37N5/c1-5-21-55-37(13-1)29-49-41(17-9-25-59(49)65-55)45-33-53-54-34-46(42-18-10-26-60-50(42)30-38-14-2-6-22-56(38)66-60)48(44-20-12-28-62-52(44)32-40-16-4-8-24-58(40)68-62)36-64(54)69-63(53)35-47(45)43-19-11-27-61-51(43)31-39-15-3-7-23-57(39)67-61/h1-36,69H. The van der Waals surface area contributed by atoms with Crippen LogP contribution >= 0.6 is 0 Å². The molecule has 5 heterocycles. The van der Waals surface area contributed by atoms with Gasteiger partial charge in [-0.2, -0.15) is 0 Å². The van der Waals surface area contributed by atoms with Crippen LogP contribution in [-0.2, 0) is 0 Å².